The molecule has 0 bridgehead atoms. The number of likely N-dealkylation sites (N-methyl/N-ethyl adjacent to an activating group) is 1. The third-order valence-electron chi connectivity index (χ3n) is 5.46. The van der Waals surface area contributed by atoms with E-state index in [0.717, 1.165) is 35.6 Å². The number of fused-ring (bicyclic) bond motifs is 2. The molecular formula is C22H25NO5. The van der Waals surface area contributed by atoms with E-state index in [1.165, 1.54) is 12.5 Å². The highest BCUT2D eigenvalue weighted by atomic mass is 16.7. The second kappa shape index (κ2) is 7.72. The van der Waals surface area contributed by atoms with Crippen molar-refractivity contribution in [1.82, 2.24) is 4.90 Å². The fourth-order valence-corrected chi connectivity index (χ4v) is 4.15. The molecule has 6 heteroatoms. The largest absolute Gasteiger partial charge is 0.492 e. The summed E-state index contributed by atoms with van der Waals surface area (Å²) in [7, 11) is 3.75. The molecule has 2 aliphatic rings. The van der Waals surface area contributed by atoms with Crippen LogP contribution in [-0.2, 0) is 16.0 Å². The second-order valence-corrected chi connectivity index (χ2v) is 7.21. The van der Waals surface area contributed by atoms with Crippen LogP contribution >= 0.6 is 0 Å². The molecule has 0 fully saturated rings. The Kier molecular flexibility index (Phi) is 5.13. The Morgan fingerprint density at radius 1 is 1.29 bits per heavy atom. The van der Waals surface area contributed by atoms with Gasteiger partial charge < -0.3 is 18.9 Å². The van der Waals surface area contributed by atoms with E-state index in [1.807, 2.05) is 30.3 Å². The Morgan fingerprint density at radius 2 is 2.07 bits per heavy atom. The fraction of sp³-hybridized carbons (Fsp3) is 0.409. The Labute approximate surface area is 165 Å². The summed E-state index contributed by atoms with van der Waals surface area (Å²) in [6.07, 6.45) is 1.19. The van der Waals surface area contributed by atoms with Crippen LogP contribution in [0.3, 0.4) is 0 Å². The van der Waals surface area contributed by atoms with Gasteiger partial charge in [0.25, 0.3) is 0 Å². The first kappa shape index (κ1) is 18.6. The van der Waals surface area contributed by atoms with E-state index in [9.17, 15) is 4.79 Å². The average molecular weight is 383 g/mol. The van der Waals surface area contributed by atoms with E-state index in [4.69, 9.17) is 18.9 Å². The molecule has 0 saturated carbocycles. The van der Waals surface area contributed by atoms with Crippen molar-refractivity contribution in [3.8, 4) is 17.2 Å². The maximum absolute atomic E-state index is 11.8. The summed E-state index contributed by atoms with van der Waals surface area (Å²) in [5, 5.41) is 0. The molecule has 0 radical (unpaired) electrons. The van der Waals surface area contributed by atoms with E-state index in [2.05, 4.69) is 18.0 Å². The minimum absolute atomic E-state index is 0.0257. The zero-order valence-corrected chi connectivity index (χ0v) is 16.4. The van der Waals surface area contributed by atoms with Crippen LogP contribution in [0.5, 0.6) is 17.2 Å². The number of hydrogen-bond donors (Lipinski definition) is 0. The molecule has 0 unspecified atom stereocenters. The highest BCUT2D eigenvalue weighted by Gasteiger charge is 2.36. The van der Waals surface area contributed by atoms with Crippen LogP contribution in [0.2, 0.25) is 0 Å². The highest BCUT2D eigenvalue weighted by Crippen LogP contribution is 2.51. The minimum Gasteiger partial charge on any atom is -0.492 e. The summed E-state index contributed by atoms with van der Waals surface area (Å²) in [5.74, 6) is 1.82. The smallest absolute Gasteiger partial charge is 0.303 e. The minimum atomic E-state index is -0.341. The molecule has 0 saturated heterocycles. The lowest BCUT2D eigenvalue weighted by Gasteiger charge is -2.37. The number of carbonyl (C=O) groups excluding carboxylic acids is 1. The number of benzene rings is 2. The van der Waals surface area contributed by atoms with Crippen molar-refractivity contribution in [3.63, 3.8) is 0 Å². The summed E-state index contributed by atoms with van der Waals surface area (Å²) >= 11 is 0. The van der Waals surface area contributed by atoms with Gasteiger partial charge in [-0.2, -0.15) is 0 Å². The molecule has 2 heterocycles. The number of hydrogen-bond acceptors (Lipinski definition) is 6. The SMILES string of the molecule is COc1c2c(cc3c1[C@H](C[C@@H](OC(C)=O)c1ccccc1)N(C)CC3)OCO2. The number of methoxy groups -OCH3 is 1. The number of esters is 1. The highest BCUT2D eigenvalue weighted by molar-refractivity contribution is 5.66. The topological polar surface area (TPSA) is 57.2 Å². The molecule has 2 aliphatic heterocycles. The number of rotatable bonds is 5. The van der Waals surface area contributed by atoms with Gasteiger partial charge in [-0.25, -0.2) is 0 Å². The molecule has 0 amide bonds. The van der Waals surface area contributed by atoms with Crippen molar-refractivity contribution < 1.29 is 23.7 Å². The fourth-order valence-electron chi connectivity index (χ4n) is 4.15. The molecule has 2 atom stereocenters. The first-order valence-corrected chi connectivity index (χ1v) is 9.50. The van der Waals surface area contributed by atoms with Gasteiger partial charge in [0.05, 0.1) is 7.11 Å². The zero-order chi connectivity index (χ0) is 19.7. The maximum Gasteiger partial charge on any atom is 0.303 e. The maximum atomic E-state index is 11.8. The Hall–Kier alpha value is -2.73. The van der Waals surface area contributed by atoms with Crippen LogP contribution in [0.25, 0.3) is 0 Å². The van der Waals surface area contributed by atoms with Crippen molar-refractivity contribution in [2.75, 3.05) is 27.5 Å². The molecule has 0 aliphatic carbocycles. The van der Waals surface area contributed by atoms with Crippen molar-refractivity contribution >= 4 is 5.97 Å². The summed E-state index contributed by atoms with van der Waals surface area (Å²) in [6, 6.07) is 12.0. The van der Waals surface area contributed by atoms with Crippen LogP contribution in [0.1, 0.15) is 42.2 Å². The predicted molar refractivity (Wildman–Crippen MR) is 104 cm³/mol. The lowest BCUT2D eigenvalue weighted by Crippen LogP contribution is -2.34. The van der Waals surface area contributed by atoms with Gasteiger partial charge in [0, 0.05) is 31.5 Å². The van der Waals surface area contributed by atoms with Gasteiger partial charge in [0.1, 0.15) is 6.10 Å². The van der Waals surface area contributed by atoms with Gasteiger partial charge in [-0.05, 0) is 30.7 Å². The molecule has 6 nitrogen and oxygen atoms in total. The summed E-state index contributed by atoms with van der Waals surface area (Å²) in [4.78, 5) is 14.1. The van der Waals surface area contributed by atoms with Crippen LogP contribution in [0, 0.1) is 0 Å². The van der Waals surface area contributed by atoms with Gasteiger partial charge in [0.2, 0.25) is 12.5 Å². The molecular weight excluding hydrogens is 358 g/mol. The first-order valence-electron chi connectivity index (χ1n) is 9.50. The molecule has 2 aromatic carbocycles. The monoisotopic (exact) mass is 383 g/mol. The zero-order valence-electron chi connectivity index (χ0n) is 16.4. The van der Waals surface area contributed by atoms with Crippen molar-refractivity contribution in [3.05, 3.63) is 53.1 Å². The van der Waals surface area contributed by atoms with Crippen LogP contribution in [0.15, 0.2) is 36.4 Å². The normalized spacial score (nSPS) is 19.0. The molecule has 28 heavy (non-hydrogen) atoms. The van der Waals surface area contributed by atoms with E-state index >= 15 is 0 Å². The van der Waals surface area contributed by atoms with Crippen LogP contribution in [0.4, 0.5) is 0 Å². The lowest BCUT2D eigenvalue weighted by atomic mass is 9.87. The first-order chi connectivity index (χ1) is 13.6. The quantitative estimate of drug-likeness (QED) is 0.735. The van der Waals surface area contributed by atoms with Gasteiger partial charge in [-0.1, -0.05) is 30.3 Å². The third-order valence-corrected chi connectivity index (χ3v) is 5.46. The predicted octanol–water partition coefficient (Wildman–Crippen LogP) is 3.65. The number of carbonyl (C=O) groups is 1. The molecule has 4 rings (SSSR count). The van der Waals surface area contributed by atoms with E-state index < -0.39 is 0 Å². The van der Waals surface area contributed by atoms with E-state index in [-0.39, 0.29) is 24.9 Å². The van der Waals surface area contributed by atoms with Gasteiger partial charge in [0.15, 0.2) is 11.5 Å². The molecule has 0 N–H and O–H groups in total. The van der Waals surface area contributed by atoms with Gasteiger partial charge in [-0.3, -0.25) is 9.69 Å². The second-order valence-electron chi connectivity index (χ2n) is 7.21. The summed E-state index contributed by atoms with van der Waals surface area (Å²) in [6.45, 7) is 2.56. The number of ether oxygens (including phenoxy) is 4. The standard InChI is InChI=1S/C22H25NO5/c1-14(24)28-18(15-7-5-4-6-8-15)12-17-20-16(9-10-23(17)2)11-19-21(22(20)25-3)27-13-26-19/h4-8,11,17-18H,9-10,12-13H2,1-3H3/t17-,18+/m0/s1. The van der Waals surface area contributed by atoms with E-state index in [0.29, 0.717) is 12.2 Å². The third kappa shape index (κ3) is 3.40. The molecule has 0 spiro atoms. The van der Waals surface area contributed by atoms with Crippen molar-refractivity contribution in [2.45, 2.75) is 31.9 Å². The van der Waals surface area contributed by atoms with Gasteiger partial charge in [-0.15, -0.1) is 0 Å². The van der Waals surface area contributed by atoms with Crippen molar-refractivity contribution in [2.24, 2.45) is 0 Å². The molecule has 2 aromatic rings. The Morgan fingerprint density at radius 3 is 2.79 bits per heavy atom. The number of nitrogens with zero attached hydrogens (tertiary/aromatic N) is 1. The van der Waals surface area contributed by atoms with E-state index in [1.54, 1.807) is 7.11 Å². The molecule has 0 aromatic heterocycles. The Bertz CT molecular complexity index is 867. The summed E-state index contributed by atoms with van der Waals surface area (Å²) < 4.78 is 22.7. The Balaban J connectivity index is 1.74. The van der Waals surface area contributed by atoms with Gasteiger partial charge >= 0.3 is 5.97 Å². The lowest BCUT2D eigenvalue weighted by molar-refractivity contribution is -0.147. The molecule has 148 valence electrons. The van der Waals surface area contributed by atoms with Crippen LogP contribution < -0.4 is 14.2 Å². The van der Waals surface area contributed by atoms with Crippen molar-refractivity contribution in [1.29, 1.82) is 0 Å². The van der Waals surface area contributed by atoms with Crippen LogP contribution in [-0.4, -0.2) is 38.4 Å². The summed E-state index contributed by atoms with van der Waals surface area (Å²) in [5.41, 5.74) is 3.27. The average Bonchev–Trinajstić information content (AvgIpc) is 3.16.